The molecule has 2 heteroatoms. The van der Waals surface area contributed by atoms with Gasteiger partial charge in [-0.25, -0.2) is 0 Å². The van der Waals surface area contributed by atoms with E-state index in [0.717, 1.165) is 5.69 Å². The first-order valence-electron chi connectivity index (χ1n) is 21.4. The summed E-state index contributed by atoms with van der Waals surface area (Å²) in [6.45, 7) is 4.78. The molecule has 1 aromatic heterocycles. The van der Waals surface area contributed by atoms with Gasteiger partial charge in [-0.1, -0.05) is 161 Å². The van der Waals surface area contributed by atoms with Crippen LogP contribution in [0.3, 0.4) is 0 Å². The van der Waals surface area contributed by atoms with Crippen molar-refractivity contribution in [3.8, 4) is 44.5 Å². The fourth-order valence-electron chi connectivity index (χ4n) is 11.4. The van der Waals surface area contributed by atoms with Crippen LogP contribution in [0.1, 0.15) is 68.2 Å². The molecule has 3 aliphatic rings. The second-order valence-electron chi connectivity index (χ2n) is 17.5. The van der Waals surface area contributed by atoms with Gasteiger partial charge in [-0.3, -0.25) is 0 Å². The van der Waals surface area contributed by atoms with E-state index in [4.69, 9.17) is 0 Å². The average Bonchev–Trinajstić information content (AvgIpc) is 3.88. The second kappa shape index (κ2) is 13.1. The van der Waals surface area contributed by atoms with Crippen molar-refractivity contribution in [3.63, 3.8) is 0 Å². The Bertz CT molecular complexity index is 3120. The van der Waals surface area contributed by atoms with Gasteiger partial charge < -0.3 is 4.90 Å². The first kappa shape index (κ1) is 34.8. The minimum Gasteiger partial charge on any atom is -0.310 e. The summed E-state index contributed by atoms with van der Waals surface area (Å²) in [4.78, 5) is 2.51. The van der Waals surface area contributed by atoms with E-state index in [-0.39, 0.29) is 10.8 Å². The molecule has 0 amide bonds. The Morgan fingerprint density at radius 3 is 1.88 bits per heavy atom. The molecule has 3 aliphatic carbocycles. The molecule has 0 aliphatic heterocycles. The predicted octanol–water partition coefficient (Wildman–Crippen LogP) is 16.4. The van der Waals surface area contributed by atoms with Gasteiger partial charge in [0, 0.05) is 48.1 Å². The fourth-order valence-corrected chi connectivity index (χ4v) is 12.6. The number of fused-ring (bicyclic) bond motifs is 11. The van der Waals surface area contributed by atoms with Crippen molar-refractivity contribution in [2.24, 2.45) is 0 Å². The zero-order valence-corrected chi connectivity index (χ0v) is 34.5. The maximum atomic E-state index is 2.55. The highest BCUT2D eigenvalue weighted by atomic mass is 32.1. The van der Waals surface area contributed by atoms with Crippen LogP contribution in [0.4, 0.5) is 17.1 Å². The third-order valence-corrected chi connectivity index (χ3v) is 15.2. The van der Waals surface area contributed by atoms with Crippen LogP contribution in [-0.2, 0) is 10.8 Å². The van der Waals surface area contributed by atoms with Crippen LogP contribution in [0.2, 0.25) is 0 Å². The molecule has 59 heavy (non-hydrogen) atoms. The topological polar surface area (TPSA) is 3.24 Å². The molecule has 1 fully saturated rings. The van der Waals surface area contributed by atoms with E-state index < -0.39 is 0 Å². The Labute approximate surface area is 351 Å². The highest BCUT2D eigenvalue weighted by Crippen LogP contribution is 2.57. The van der Waals surface area contributed by atoms with E-state index in [0.29, 0.717) is 0 Å². The van der Waals surface area contributed by atoms with Crippen LogP contribution in [0, 0.1) is 0 Å². The van der Waals surface area contributed by atoms with Crippen LogP contribution >= 0.6 is 11.3 Å². The van der Waals surface area contributed by atoms with Crippen molar-refractivity contribution in [1.82, 2.24) is 0 Å². The Morgan fingerprint density at radius 2 is 1.03 bits per heavy atom. The SMILES string of the molecule is CC1(C)c2ccccc2-c2cccc(-c3cccc(N(c4ccc(-c5cccc6sc7ccccc7c56)cc4)c4ccc5c(c4)C4(CCCCC4)c4ccccc4-5)c3)c21. The van der Waals surface area contributed by atoms with Gasteiger partial charge in [-0.05, 0) is 128 Å². The fraction of sp³-hybridized carbons (Fsp3) is 0.158. The highest BCUT2D eigenvalue weighted by Gasteiger charge is 2.44. The van der Waals surface area contributed by atoms with Crippen molar-refractivity contribution in [1.29, 1.82) is 0 Å². The van der Waals surface area contributed by atoms with Crippen molar-refractivity contribution in [3.05, 3.63) is 198 Å². The minimum atomic E-state index is -0.103. The Hall–Kier alpha value is -6.22. The lowest BCUT2D eigenvalue weighted by Gasteiger charge is -2.36. The zero-order valence-electron chi connectivity index (χ0n) is 33.6. The van der Waals surface area contributed by atoms with E-state index in [9.17, 15) is 0 Å². The molecule has 0 unspecified atom stereocenters. The third kappa shape index (κ3) is 5.15. The van der Waals surface area contributed by atoms with E-state index in [1.54, 1.807) is 0 Å². The van der Waals surface area contributed by atoms with Gasteiger partial charge in [0.05, 0.1) is 0 Å². The van der Waals surface area contributed by atoms with Gasteiger partial charge in [0.2, 0.25) is 0 Å². The number of hydrogen-bond donors (Lipinski definition) is 0. The second-order valence-corrected chi connectivity index (χ2v) is 18.6. The predicted molar refractivity (Wildman–Crippen MR) is 252 cm³/mol. The van der Waals surface area contributed by atoms with Crippen molar-refractivity contribution in [2.45, 2.75) is 56.8 Å². The molecule has 8 aromatic carbocycles. The molecule has 0 atom stereocenters. The molecule has 0 bridgehead atoms. The number of nitrogens with zero attached hydrogens (tertiary/aromatic N) is 1. The highest BCUT2D eigenvalue weighted by molar-refractivity contribution is 7.25. The summed E-state index contributed by atoms with van der Waals surface area (Å²) in [5, 5.41) is 2.68. The summed E-state index contributed by atoms with van der Waals surface area (Å²) in [6, 6.07) is 66.7. The largest absolute Gasteiger partial charge is 0.310 e. The molecule has 0 radical (unpaired) electrons. The molecular weight excluding hydrogens is 731 g/mol. The smallest absolute Gasteiger partial charge is 0.0467 e. The Kier molecular flexibility index (Phi) is 7.75. The van der Waals surface area contributed by atoms with Gasteiger partial charge >= 0.3 is 0 Å². The maximum absolute atomic E-state index is 2.55. The molecule has 1 heterocycles. The normalized spacial score (nSPS) is 15.6. The van der Waals surface area contributed by atoms with E-state index in [2.05, 4.69) is 195 Å². The van der Waals surface area contributed by atoms with Crippen LogP contribution in [-0.4, -0.2) is 0 Å². The summed E-state index contributed by atoms with van der Waals surface area (Å²) >= 11 is 1.88. The molecule has 1 spiro atoms. The Morgan fingerprint density at radius 1 is 0.424 bits per heavy atom. The van der Waals surface area contributed by atoms with Gasteiger partial charge in [0.15, 0.2) is 0 Å². The summed E-state index contributed by atoms with van der Waals surface area (Å²) in [6.07, 6.45) is 6.30. The number of thiophene rings is 1. The molecular formula is C57H45NS. The summed E-state index contributed by atoms with van der Waals surface area (Å²) in [5.74, 6) is 0. The van der Waals surface area contributed by atoms with Gasteiger partial charge in [-0.2, -0.15) is 0 Å². The summed E-state index contributed by atoms with van der Waals surface area (Å²) in [5.41, 5.74) is 20.0. The lowest BCUT2D eigenvalue weighted by atomic mass is 9.68. The van der Waals surface area contributed by atoms with Gasteiger partial charge in [0.25, 0.3) is 0 Å². The first-order chi connectivity index (χ1) is 29.0. The standard InChI is InChI=1S/C57H45NS/c1-56(2)49-23-7-4-18-45(49)47-22-13-21-43(55(47)56)38-15-12-16-40(35-38)58(41-31-32-46-44-17-5-8-24-50(44)57(51(46)36-41)33-10-3-11-34-57)39-29-27-37(28-30-39)42-20-14-26-53-54(42)48-19-6-9-25-52(48)59-53/h4-9,12-32,35-36H,3,10-11,33-34H2,1-2H3. The van der Waals surface area contributed by atoms with Crippen LogP contribution < -0.4 is 4.90 Å². The number of anilines is 3. The molecule has 1 nitrogen and oxygen atoms in total. The van der Waals surface area contributed by atoms with Gasteiger partial charge in [0.1, 0.15) is 0 Å². The van der Waals surface area contributed by atoms with E-state index in [1.165, 1.54) is 130 Å². The van der Waals surface area contributed by atoms with Crippen molar-refractivity contribution >= 4 is 48.6 Å². The minimum absolute atomic E-state index is 0.0741. The monoisotopic (exact) mass is 775 g/mol. The van der Waals surface area contributed by atoms with Gasteiger partial charge in [-0.15, -0.1) is 11.3 Å². The molecule has 284 valence electrons. The number of rotatable bonds is 5. The number of benzene rings is 8. The molecule has 1 saturated carbocycles. The average molecular weight is 776 g/mol. The lowest BCUT2D eigenvalue weighted by Crippen LogP contribution is -2.28. The quantitative estimate of drug-likeness (QED) is 0.168. The molecule has 0 N–H and O–H groups in total. The van der Waals surface area contributed by atoms with Crippen LogP contribution in [0.5, 0.6) is 0 Å². The molecule has 0 saturated heterocycles. The van der Waals surface area contributed by atoms with Crippen LogP contribution in [0.25, 0.3) is 64.7 Å². The molecule has 9 aromatic rings. The first-order valence-corrected chi connectivity index (χ1v) is 22.2. The maximum Gasteiger partial charge on any atom is 0.0467 e. The van der Waals surface area contributed by atoms with Crippen LogP contribution in [0.15, 0.2) is 176 Å². The molecule has 12 rings (SSSR count). The zero-order chi connectivity index (χ0) is 39.3. The summed E-state index contributed by atoms with van der Waals surface area (Å²) in [7, 11) is 0. The van der Waals surface area contributed by atoms with E-state index >= 15 is 0 Å². The van der Waals surface area contributed by atoms with E-state index in [1.807, 2.05) is 11.3 Å². The summed E-state index contributed by atoms with van der Waals surface area (Å²) < 4.78 is 2.67. The lowest BCUT2D eigenvalue weighted by molar-refractivity contribution is 0.353. The number of hydrogen-bond acceptors (Lipinski definition) is 2. The van der Waals surface area contributed by atoms with Crippen molar-refractivity contribution < 1.29 is 0 Å². The third-order valence-electron chi connectivity index (χ3n) is 14.1. The van der Waals surface area contributed by atoms with Crippen molar-refractivity contribution in [2.75, 3.05) is 4.90 Å². The Balaban J connectivity index is 1.03.